The number of hydrogen-bond donors (Lipinski definition) is 1. The first-order chi connectivity index (χ1) is 9.55. The zero-order valence-electron chi connectivity index (χ0n) is 11.6. The van der Waals surface area contributed by atoms with Crippen molar-refractivity contribution in [3.05, 3.63) is 51.5 Å². The van der Waals surface area contributed by atoms with Crippen molar-refractivity contribution in [2.24, 2.45) is 0 Å². The van der Waals surface area contributed by atoms with Gasteiger partial charge in [0.1, 0.15) is 5.82 Å². The smallest absolute Gasteiger partial charge is 0.124 e. The van der Waals surface area contributed by atoms with E-state index in [4.69, 9.17) is 0 Å². The van der Waals surface area contributed by atoms with Gasteiger partial charge in [0.2, 0.25) is 0 Å². The lowest BCUT2D eigenvalue weighted by molar-refractivity contribution is 0.174. The zero-order chi connectivity index (χ0) is 14.7. The fourth-order valence-electron chi connectivity index (χ4n) is 2.21. The van der Waals surface area contributed by atoms with E-state index in [9.17, 15) is 9.50 Å². The Morgan fingerprint density at radius 3 is 2.70 bits per heavy atom. The van der Waals surface area contributed by atoms with E-state index >= 15 is 0 Å². The van der Waals surface area contributed by atoms with Crippen molar-refractivity contribution >= 4 is 15.9 Å². The summed E-state index contributed by atoms with van der Waals surface area (Å²) in [6, 6.07) is 6.35. The third-order valence-electron chi connectivity index (χ3n) is 3.30. The van der Waals surface area contributed by atoms with E-state index in [0.29, 0.717) is 16.5 Å². The lowest BCUT2D eigenvalue weighted by Gasteiger charge is -2.13. The van der Waals surface area contributed by atoms with Gasteiger partial charge in [0.25, 0.3) is 0 Å². The standard InChI is InChI=1S/C15H18BrFN2O/c1-3-11-8-12(19(4-2)18-11)9-15(20)13-6-5-10(17)7-14(13)16/h5-8,15,20H,3-4,9H2,1-2H3. The molecular formula is C15H18BrFN2O. The number of halogens is 2. The topological polar surface area (TPSA) is 38.0 Å². The van der Waals surface area contributed by atoms with Gasteiger partial charge in [-0.15, -0.1) is 0 Å². The maximum absolute atomic E-state index is 13.1. The Morgan fingerprint density at radius 2 is 2.10 bits per heavy atom. The highest BCUT2D eigenvalue weighted by atomic mass is 79.9. The molecule has 2 rings (SSSR count). The van der Waals surface area contributed by atoms with Gasteiger partial charge in [0, 0.05) is 23.1 Å². The molecule has 1 aromatic heterocycles. The average Bonchev–Trinajstić information content (AvgIpc) is 2.80. The lowest BCUT2D eigenvalue weighted by Crippen LogP contribution is -2.09. The summed E-state index contributed by atoms with van der Waals surface area (Å²) < 4.78 is 15.6. The number of aryl methyl sites for hydroxylation is 2. The second-order valence-electron chi connectivity index (χ2n) is 4.68. The molecule has 0 amide bonds. The molecular weight excluding hydrogens is 323 g/mol. The van der Waals surface area contributed by atoms with Crippen LogP contribution in [-0.4, -0.2) is 14.9 Å². The van der Waals surface area contributed by atoms with E-state index in [0.717, 1.165) is 24.4 Å². The molecule has 5 heteroatoms. The van der Waals surface area contributed by atoms with Crippen LogP contribution < -0.4 is 0 Å². The molecule has 1 N–H and O–H groups in total. The van der Waals surface area contributed by atoms with Crippen molar-refractivity contribution in [3.63, 3.8) is 0 Å². The number of aliphatic hydroxyl groups is 1. The molecule has 20 heavy (non-hydrogen) atoms. The van der Waals surface area contributed by atoms with Crippen LogP contribution in [0.15, 0.2) is 28.7 Å². The first-order valence-corrected chi connectivity index (χ1v) is 7.53. The van der Waals surface area contributed by atoms with Crippen LogP contribution in [0, 0.1) is 5.82 Å². The van der Waals surface area contributed by atoms with Crippen LogP contribution in [0.4, 0.5) is 4.39 Å². The molecule has 0 saturated carbocycles. The molecule has 0 bridgehead atoms. The van der Waals surface area contributed by atoms with Crippen molar-refractivity contribution in [3.8, 4) is 0 Å². The molecule has 0 aliphatic rings. The molecule has 0 aliphatic carbocycles. The van der Waals surface area contributed by atoms with Crippen molar-refractivity contribution in [2.45, 2.75) is 39.3 Å². The van der Waals surface area contributed by atoms with Gasteiger partial charge in [-0.2, -0.15) is 5.10 Å². The zero-order valence-corrected chi connectivity index (χ0v) is 13.2. The Hall–Kier alpha value is -1.20. The van der Waals surface area contributed by atoms with Crippen molar-refractivity contribution < 1.29 is 9.50 Å². The largest absolute Gasteiger partial charge is 0.388 e. The van der Waals surface area contributed by atoms with Gasteiger partial charge in [-0.3, -0.25) is 4.68 Å². The highest BCUT2D eigenvalue weighted by molar-refractivity contribution is 9.10. The highest BCUT2D eigenvalue weighted by Crippen LogP contribution is 2.27. The van der Waals surface area contributed by atoms with Crippen LogP contribution in [0.5, 0.6) is 0 Å². The molecule has 108 valence electrons. The van der Waals surface area contributed by atoms with Crippen LogP contribution in [0.25, 0.3) is 0 Å². The summed E-state index contributed by atoms with van der Waals surface area (Å²) in [5.74, 6) is -0.320. The summed E-state index contributed by atoms with van der Waals surface area (Å²) in [5.41, 5.74) is 2.70. The van der Waals surface area contributed by atoms with Crippen LogP contribution >= 0.6 is 15.9 Å². The molecule has 0 aliphatic heterocycles. The van der Waals surface area contributed by atoms with Crippen LogP contribution in [0.3, 0.4) is 0 Å². The molecule has 3 nitrogen and oxygen atoms in total. The molecule has 0 radical (unpaired) electrons. The summed E-state index contributed by atoms with van der Waals surface area (Å²) >= 11 is 3.29. The molecule has 2 aromatic rings. The van der Waals surface area contributed by atoms with Gasteiger partial charge < -0.3 is 5.11 Å². The number of aromatic nitrogens is 2. The molecule has 1 heterocycles. The van der Waals surface area contributed by atoms with Crippen LogP contribution in [0.2, 0.25) is 0 Å². The summed E-state index contributed by atoms with van der Waals surface area (Å²) in [6.07, 6.45) is 0.651. The molecule has 1 atom stereocenters. The minimum Gasteiger partial charge on any atom is -0.388 e. The predicted molar refractivity (Wildman–Crippen MR) is 80.0 cm³/mol. The molecule has 1 unspecified atom stereocenters. The van der Waals surface area contributed by atoms with Crippen LogP contribution in [0.1, 0.15) is 36.9 Å². The fourth-order valence-corrected chi connectivity index (χ4v) is 2.82. The monoisotopic (exact) mass is 340 g/mol. The summed E-state index contributed by atoms with van der Waals surface area (Å²) in [5, 5.41) is 14.8. The third-order valence-corrected chi connectivity index (χ3v) is 3.99. The van der Waals surface area contributed by atoms with Gasteiger partial charge in [-0.1, -0.05) is 28.9 Å². The molecule has 1 aromatic carbocycles. The molecule has 0 fully saturated rings. The number of nitrogens with zero attached hydrogens (tertiary/aromatic N) is 2. The Labute approximate surface area is 126 Å². The number of benzene rings is 1. The van der Waals surface area contributed by atoms with Gasteiger partial charge >= 0.3 is 0 Å². The summed E-state index contributed by atoms with van der Waals surface area (Å²) in [4.78, 5) is 0. The van der Waals surface area contributed by atoms with Gasteiger partial charge in [-0.05, 0) is 37.1 Å². The minimum absolute atomic E-state index is 0.320. The van der Waals surface area contributed by atoms with E-state index in [-0.39, 0.29) is 5.82 Å². The first kappa shape index (κ1) is 15.2. The maximum atomic E-state index is 13.1. The van der Waals surface area contributed by atoms with Crippen molar-refractivity contribution in [1.29, 1.82) is 0 Å². The first-order valence-electron chi connectivity index (χ1n) is 6.73. The maximum Gasteiger partial charge on any atom is 0.124 e. The van der Waals surface area contributed by atoms with E-state index < -0.39 is 6.10 Å². The summed E-state index contributed by atoms with van der Waals surface area (Å²) in [6.45, 7) is 4.85. The Balaban J connectivity index is 2.22. The van der Waals surface area contributed by atoms with Gasteiger partial charge in [0.15, 0.2) is 0 Å². The Kier molecular flexibility index (Phi) is 4.94. The third kappa shape index (κ3) is 3.27. The fraction of sp³-hybridized carbons (Fsp3) is 0.400. The van der Waals surface area contributed by atoms with E-state index in [1.807, 2.05) is 17.7 Å². The average molecular weight is 341 g/mol. The van der Waals surface area contributed by atoms with Gasteiger partial charge in [0.05, 0.1) is 11.8 Å². The predicted octanol–water partition coefficient (Wildman–Crippen LogP) is 3.64. The van der Waals surface area contributed by atoms with Crippen molar-refractivity contribution in [2.75, 3.05) is 0 Å². The van der Waals surface area contributed by atoms with E-state index in [2.05, 4.69) is 28.0 Å². The number of rotatable bonds is 5. The number of aliphatic hydroxyl groups excluding tert-OH is 1. The Bertz CT molecular complexity index is 598. The summed E-state index contributed by atoms with van der Waals surface area (Å²) in [7, 11) is 0. The highest BCUT2D eigenvalue weighted by Gasteiger charge is 2.16. The Morgan fingerprint density at radius 1 is 1.35 bits per heavy atom. The van der Waals surface area contributed by atoms with Gasteiger partial charge in [-0.25, -0.2) is 4.39 Å². The lowest BCUT2D eigenvalue weighted by atomic mass is 10.0. The SMILES string of the molecule is CCc1cc(CC(O)c2ccc(F)cc2Br)n(CC)n1. The minimum atomic E-state index is -0.684. The second-order valence-corrected chi connectivity index (χ2v) is 5.54. The molecule has 0 spiro atoms. The second kappa shape index (κ2) is 6.50. The number of hydrogen-bond acceptors (Lipinski definition) is 2. The normalized spacial score (nSPS) is 12.7. The van der Waals surface area contributed by atoms with E-state index in [1.54, 1.807) is 6.07 Å². The van der Waals surface area contributed by atoms with E-state index in [1.165, 1.54) is 12.1 Å². The quantitative estimate of drug-likeness (QED) is 0.902. The van der Waals surface area contributed by atoms with Crippen LogP contribution in [-0.2, 0) is 19.4 Å². The van der Waals surface area contributed by atoms with Crippen molar-refractivity contribution in [1.82, 2.24) is 9.78 Å². The molecule has 0 saturated heterocycles.